The number of rotatable bonds is 0. The number of aromatic amines is 1. The quantitative estimate of drug-likeness (QED) is 0.417. The van der Waals surface area contributed by atoms with E-state index in [4.69, 9.17) is 11.5 Å². The number of H-pyrrole nitrogens is 1. The Balaban J connectivity index is 0.000000132. The largest absolute Gasteiger partial charge is 0.381 e. The van der Waals surface area contributed by atoms with Gasteiger partial charge in [-0.15, -0.1) is 5.10 Å². The first-order valence-electron chi connectivity index (χ1n) is 4.36. The van der Waals surface area contributed by atoms with Gasteiger partial charge in [0.25, 0.3) is 0 Å². The van der Waals surface area contributed by atoms with Crippen LogP contribution in [0.25, 0.3) is 0 Å². The lowest BCUT2D eigenvalue weighted by molar-refractivity contribution is 0.458. The van der Waals surface area contributed by atoms with Gasteiger partial charge in [0, 0.05) is 6.04 Å². The summed E-state index contributed by atoms with van der Waals surface area (Å²) >= 11 is 0. The molecule has 0 amide bonds. The van der Waals surface area contributed by atoms with Crippen LogP contribution in [0.15, 0.2) is 6.20 Å². The number of nitrogen functional groups attached to an aromatic ring is 1. The van der Waals surface area contributed by atoms with Crippen LogP contribution in [0.4, 0.5) is 5.82 Å². The van der Waals surface area contributed by atoms with E-state index in [-0.39, 0.29) is 0 Å². The second kappa shape index (κ2) is 5.50. The third-order valence-electron chi connectivity index (χ3n) is 1.82. The van der Waals surface area contributed by atoms with Crippen LogP contribution in [-0.4, -0.2) is 34.5 Å². The molecule has 2 heterocycles. The topological polar surface area (TPSA) is 106 Å². The SMILES string of the molecule is NC1CCNCC1.Nc1cn[nH]n1. The lowest BCUT2D eigenvalue weighted by Crippen LogP contribution is -2.35. The Bertz CT molecular complexity index is 203. The highest BCUT2D eigenvalue weighted by Gasteiger charge is 2.05. The standard InChI is InChI=1S/C5H12N2.C2H4N4/c6-5-1-3-7-4-2-5;3-2-1-4-6-5-2/h5,7H,1-4,6H2;1H,(H3,3,4,5,6). The zero-order chi connectivity index (χ0) is 9.52. The number of anilines is 1. The van der Waals surface area contributed by atoms with Crippen molar-refractivity contribution in [2.24, 2.45) is 5.73 Å². The molecule has 1 aliphatic rings. The third-order valence-corrected chi connectivity index (χ3v) is 1.82. The second-order valence-corrected chi connectivity index (χ2v) is 2.98. The molecule has 1 aromatic rings. The number of hydrogen-bond donors (Lipinski definition) is 4. The number of aromatic nitrogens is 3. The monoisotopic (exact) mass is 184 g/mol. The molecule has 0 saturated carbocycles. The zero-order valence-electron chi connectivity index (χ0n) is 7.53. The van der Waals surface area contributed by atoms with Crippen LogP contribution in [-0.2, 0) is 0 Å². The van der Waals surface area contributed by atoms with Crippen molar-refractivity contribution in [2.45, 2.75) is 18.9 Å². The predicted octanol–water partition coefficient (Wildman–Crippen LogP) is -0.916. The highest BCUT2D eigenvalue weighted by molar-refractivity contribution is 5.18. The maximum absolute atomic E-state index is 5.59. The van der Waals surface area contributed by atoms with Crippen molar-refractivity contribution in [3.63, 3.8) is 0 Å². The summed E-state index contributed by atoms with van der Waals surface area (Å²) in [5.74, 6) is 0.426. The van der Waals surface area contributed by atoms with Crippen molar-refractivity contribution in [1.82, 2.24) is 20.7 Å². The first-order chi connectivity index (χ1) is 6.29. The van der Waals surface area contributed by atoms with E-state index in [0.29, 0.717) is 11.9 Å². The van der Waals surface area contributed by atoms with E-state index in [1.807, 2.05) is 0 Å². The maximum atomic E-state index is 5.59. The van der Waals surface area contributed by atoms with E-state index < -0.39 is 0 Å². The Hall–Kier alpha value is -1.14. The fourth-order valence-corrected chi connectivity index (χ4v) is 1.05. The average Bonchev–Trinajstić information content (AvgIpc) is 2.58. The van der Waals surface area contributed by atoms with Gasteiger partial charge in [0.1, 0.15) is 0 Å². The van der Waals surface area contributed by atoms with Crippen LogP contribution in [0, 0.1) is 0 Å². The molecule has 13 heavy (non-hydrogen) atoms. The Morgan fingerprint density at radius 1 is 1.38 bits per heavy atom. The molecular weight excluding hydrogens is 168 g/mol. The van der Waals surface area contributed by atoms with Crippen molar-refractivity contribution in [2.75, 3.05) is 18.8 Å². The Kier molecular flexibility index (Phi) is 4.20. The molecule has 0 atom stereocenters. The maximum Gasteiger partial charge on any atom is 0.165 e. The first-order valence-corrected chi connectivity index (χ1v) is 4.36. The van der Waals surface area contributed by atoms with Crippen LogP contribution < -0.4 is 16.8 Å². The third kappa shape index (κ3) is 4.44. The van der Waals surface area contributed by atoms with Crippen molar-refractivity contribution in [3.05, 3.63) is 6.20 Å². The number of nitrogens with two attached hydrogens (primary N) is 2. The molecule has 74 valence electrons. The fraction of sp³-hybridized carbons (Fsp3) is 0.714. The lowest BCUT2D eigenvalue weighted by Gasteiger charge is -2.17. The Morgan fingerprint density at radius 3 is 2.31 bits per heavy atom. The predicted molar refractivity (Wildman–Crippen MR) is 50.9 cm³/mol. The molecule has 0 bridgehead atoms. The minimum Gasteiger partial charge on any atom is -0.381 e. The van der Waals surface area contributed by atoms with Crippen molar-refractivity contribution < 1.29 is 0 Å². The number of nitrogens with one attached hydrogen (secondary N) is 2. The number of hydrogen-bond acceptors (Lipinski definition) is 5. The van der Waals surface area contributed by atoms with Crippen molar-refractivity contribution in [3.8, 4) is 0 Å². The van der Waals surface area contributed by atoms with E-state index in [1.165, 1.54) is 6.20 Å². The summed E-state index contributed by atoms with van der Waals surface area (Å²) in [6.07, 6.45) is 3.75. The fourth-order valence-electron chi connectivity index (χ4n) is 1.05. The van der Waals surface area contributed by atoms with Gasteiger partial charge in [0.2, 0.25) is 0 Å². The molecule has 2 rings (SSSR count). The van der Waals surface area contributed by atoms with Gasteiger partial charge in [-0.05, 0) is 25.9 Å². The summed E-state index contributed by atoms with van der Waals surface area (Å²) < 4.78 is 0. The molecule has 0 radical (unpaired) electrons. The molecule has 0 unspecified atom stereocenters. The Labute approximate surface area is 77.1 Å². The molecule has 6 N–H and O–H groups in total. The Morgan fingerprint density at radius 2 is 2.08 bits per heavy atom. The smallest absolute Gasteiger partial charge is 0.165 e. The first kappa shape index (κ1) is 9.94. The molecular formula is C7H16N6. The second-order valence-electron chi connectivity index (χ2n) is 2.98. The van der Waals surface area contributed by atoms with Gasteiger partial charge in [-0.3, -0.25) is 0 Å². The van der Waals surface area contributed by atoms with E-state index in [2.05, 4.69) is 20.7 Å². The lowest BCUT2D eigenvalue weighted by atomic mass is 10.1. The van der Waals surface area contributed by atoms with Crippen LogP contribution in [0.3, 0.4) is 0 Å². The number of piperidine rings is 1. The molecule has 6 nitrogen and oxygen atoms in total. The molecule has 1 saturated heterocycles. The normalized spacial score (nSPS) is 17.6. The minimum absolute atomic E-state index is 0.426. The summed E-state index contributed by atoms with van der Waals surface area (Å²) in [5.41, 5.74) is 10.7. The van der Waals surface area contributed by atoms with E-state index in [0.717, 1.165) is 25.9 Å². The van der Waals surface area contributed by atoms with Gasteiger partial charge in [-0.2, -0.15) is 10.3 Å². The van der Waals surface area contributed by atoms with Crippen LogP contribution in [0.5, 0.6) is 0 Å². The van der Waals surface area contributed by atoms with Gasteiger partial charge in [0.05, 0.1) is 6.20 Å². The summed E-state index contributed by atoms with van der Waals surface area (Å²) in [5, 5.41) is 12.5. The van der Waals surface area contributed by atoms with Gasteiger partial charge in [-0.25, -0.2) is 0 Å². The summed E-state index contributed by atoms with van der Waals surface area (Å²) in [7, 11) is 0. The summed E-state index contributed by atoms with van der Waals surface area (Å²) in [6.45, 7) is 2.22. The molecule has 6 heteroatoms. The van der Waals surface area contributed by atoms with E-state index >= 15 is 0 Å². The average molecular weight is 184 g/mol. The van der Waals surface area contributed by atoms with Gasteiger partial charge >= 0.3 is 0 Å². The highest BCUT2D eigenvalue weighted by Crippen LogP contribution is 1.96. The molecule has 0 spiro atoms. The number of nitrogens with zero attached hydrogens (tertiary/aromatic N) is 2. The van der Waals surface area contributed by atoms with Gasteiger partial charge in [0.15, 0.2) is 5.82 Å². The zero-order valence-corrected chi connectivity index (χ0v) is 7.53. The van der Waals surface area contributed by atoms with Gasteiger partial charge in [-0.1, -0.05) is 0 Å². The molecule has 0 aromatic carbocycles. The molecule has 1 aliphatic heterocycles. The van der Waals surface area contributed by atoms with Gasteiger partial charge < -0.3 is 16.8 Å². The van der Waals surface area contributed by atoms with Crippen molar-refractivity contribution >= 4 is 5.82 Å². The molecule has 1 fully saturated rings. The van der Waals surface area contributed by atoms with Crippen LogP contribution in [0.1, 0.15) is 12.8 Å². The van der Waals surface area contributed by atoms with Crippen molar-refractivity contribution in [1.29, 1.82) is 0 Å². The highest BCUT2D eigenvalue weighted by atomic mass is 15.3. The molecule has 1 aromatic heterocycles. The molecule has 0 aliphatic carbocycles. The van der Waals surface area contributed by atoms with E-state index in [1.54, 1.807) is 0 Å². The summed E-state index contributed by atoms with van der Waals surface area (Å²) in [4.78, 5) is 0. The van der Waals surface area contributed by atoms with Crippen LogP contribution in [0.2, 0.25) is 0 Å². The minimum atomic E-state index is 0.426. The summed E-state index contributed by atoms with van der Waals surface area (Å²) in [6, 6.07) is 0.473. The van der Waals surface area contributed by atoms with E-state index in [9.17, 15) is 0 Å². The van der Waals surface area contributed by atoms with Crippen LogP contribution >= 0.6 is 0 Å².